The summed E-state index contributed by atoms with van der Waals surface area (Å²) in [6.45, 7) is 7.22. The first-order valence-electron chi connectivity index (χ1n) is 14.1. The number of nitrogens with zero attached hydrogens (tertiary/aromatic N) is 3. The molecule has 44 heavy (non-hydrogen) atoms. The van der Waals surface area contributed by atoms with Gasteiger partial charge in [-0.2, -0.15) is 0 Å². The molecule has 3 aromatic rings. The van der Waals surface area contributed by atoms with Crippen LogP contribution in [0.25, 0.3) is 0 Å². The second-order valence-electron chi connectivity index (χ2n) is 10.9. The van der Waals surface area contributed by atoms with Gasteiger partial charge in [-0.05, 0) is 76.7 Å². The quantitative estimate of drug-likeness (QED) is 0.137. The van der Waals surface area contributed by atoms with Crippen molar-refractivity contribution in [1.29, 1.82) is 0 Å². The highest BCUT2D eigenvalue weighted by atomic mass is 35.5. The summed E-state index contributed by atoms with van der Waals surface area (Å²) in [5.74, 6) is 1.97. The van der Waals surface area contributed by atoms with Crippen molar-refractivity contribution in [3.63, 3.8) is 0 Å². The van der Waals surface area contributed by atoms with Crippen molar-refractivity contribution < 1.29 is 28.5 Å². The minimum absolute atomic E-state index is 0.215. The zero-order chi connectivity index (χ0) is 32.1. The van der Waals surface area contributed by atoms with E-state index in [1.807, 2.05) is 31.3 Å². The van der Waals surface area contributed by atoms with E-state index in [0.717, 1.165) is 23.5 Å². The number of nitrogens with one attached hydrogen (secondary N) is 3. The molecule has 1 aromatic heterocycles. The molecule has 3 N–H and O–H groups in total. The number of anilines is 4. The summed E-state index contributed by atoms with van der Waals surface area (Å²) in [6, 6.07) is 12.9. The fourth-order valence-corrected chi connectivity index (χ4v) is 4.20. The third kappa shape index (κ3) is 11.8. The number of alkyl carbamates (subject to hydrolysis) is 1. The summed E-state index contributed by atoms with van der Waals surface area (Å²) in [7, 11) is 4.93. The first-order chi connectivity index (χ1) is 21.0. The van der Waals surface area contributed by atoms with Crippen LogP contribution in [0.3, 0.4) is 0 Å². The average Bonchev–Trinajstić information content (AvgIpc) is 2.96. The zero-order valence-corrected chi connectivity index (χ0v) is 26.8. The van der Waals surface area contributed by atoms with Crippen LogP contribution < -0.4 is 25.4 Å². The summed E-state index contributed by atoms with van der Waals surface area (Å²) in [4.78, 5) is 34.0. The van der Waals surface area contributed by atoms with Crippen LogP contribution in [0.4, 0.5) is 27.8 Å². The Balaban J connectivity index is 1.60. The van der Waals surface area contributed by atoms with Crippen LogP contribution in [0, 0.1) is 0 Å². The van der Waals surface area contributed by atoms with Crippen molar-refractivity contribution in [2.75, 3.05) is 51.6 Å². The normalized spacial score (nSPS) is 11.1. The molecule has 1 heterocycles. The van der Waals surface area contributed by atoms with Gasteiger partial charge in [-0.15, -0.1) is 0 Å². The van der Waals surface area contributed by atoms with Crippen LogP contribution >= 0.6 is 11.6 Å². The number of esters is 1. The van der Waals surface area contributed by atoms with Crippen LogP contribution in [0.15, 0.2) is 48.8 Å². The molecule has 1 amide bonds. The maximum absolute atomic E-state index is 11.9. The first-order valence-corrected chi connectivity index (χ1v) is 14.5. The largest absolute Gasteiger partial charge is 0.493 e. The number of rotatable bonds is 15. The predicted octanol–water partition coefficient (Wildman–Crippen LogP) is 5.91. The number of benzene rings is 2. The lowest BCUT2D eigenvalue weighted by atomic mass is 10.1. The lowest BCUT2D eigenvalue weighted by Gasteiger charge is -2.19. The molecular formula is C31H41ClN6O6. The molecule has 0 unspecified atom stereocenters. The molecule has 0 saturated heterocycles. The van der Waals surface area contributed by atoms with E-state index in [4.69, 9.17) is 30.5 Å². The molecule has 238 valence electrons. The van der Waals surface area contributed by atoms with Gasteiger partial charge in [0, 0.05) is 41.5 Å². The maximum atomic E-state index is 11.9. The van der Waals surface area contributed by atoms with Gasteiger partial charge in [-0.25, -0.2) is 14.8 Å². The molecule has 0 aliphatic carbocycles. The van der Waals surface area contributed by atoms with Gasteiger partial charge >= 0.3 is 12.1 Å². The minimum atomic E-state index is -0.576. The number of methoxy groups -OCH3 is 2. The number of amides is 1. The van der Waals surface area contributed by atoms with E-state index in [1.54, 1.807) is 46.1 Å². The van der Waals surface area contributed by atoms with Crippen molar-refractivity contribution in [3.8, 4) is 11.5 Å². The minimum Gasteiger partial charge on any atom is -0.493 e. The lowest BCUT2D eigenvalue weighted by molar-refractivity contribution is -0.140. The Hall–Kier alpha value is -4.29. The van der Waals surface area contributed by atoms with Gasteiger partial charge in [0.1, 0.15) is 30.2 Å². The fourth-order valence-electron chi connectivity index (χ4n) is 4.02. The molecule has 0 aliphatic heterocycles. The summed E-state index contributed by atoms with van der Waals surface area (Å²) in [5.41, 5.74) is 1.90. The Morgan fingerprint density at radius 1 is 0.955 bits per heavy atom. The average molecular weight is 629 g/mol. The monoisotopic (exact) mass is 628 g/mol. The van der Waals surface area contributed by atoms with E-state index in [1.165, 1.54) is 13.4 Å². The molecule has 13 heteroatoms. The third-order valence-electron chi connectivity index (χ3n) is 6.04. The highest BCUT2D eigenvalue weighted by Crippen LogP contribution is 2.32. The van der Waals surface area contributed by atoms with Gasteiger partial charge < -0.3 is 39.8 Å². The van der Waals surface area contributed by atoms with E-state index < -0.39 is 11.7 Å². The first kappa shape index (κ1) is 34.2. The highest BCUT2D eigenvalue weighted by molar-refractivity contribution is 6.31. The molecule has 0 aliphatic rings. The van der Waals surface area contributed by atoms with Crippen LogP contribution in [0.1, 0.15) is 39.2 Å². The van der Waals surface area contributed by atoms with Gasteiger partial charge in [0.05, 0.1) is 20.8 Å². The number of hydrogen-bond acceptors (Lipinski definition) is 11. The molecule has 0 radical (unpaired) electrons. The molecule has 0 spiro atoms. The molecule has 0 bridgehead atoms. The Morgan fingerprint density at radius 3 is 2.30 bits per heavy atom. The van der Waals surface area contributed by atoms with E-state index in [2.05, 4.69) is 30.8 Å². The summed E-state index contributed by atoms with van der Waals surface area (Å²) < 4.78 is 21.2. The Morgan fingerprint density at radius 2 is 1.64 bits per heavy atom. The van der Waals surface area contributed by atoms with Gasteiger partial charge in [0.25, 0.3) is 0 Å². The molecule has 0 saturated carbocycles. The molecule has 12 nitrogen and oxygen atoms in total. The molecular weight excluding hydrogens is 588 g/mol. The Labute approximate surface area is 263 Å². The number of ether oxygens (including phenoxy) is 4. The summed E-state index contributed by atoms with van der Waals surface area (Å²) >= 11 is 6.47. The van der Waals surface area contributed by atoms with E-state index in [0.29, 0.717) is 47.5 Å². The third-order valence-corrected chi connectivity index (χ3v) is 6.41. The second kappa shape index (κ2) is 16.5. The fraction of sp³-hybridized carbons (Fsp3) is 0.419. The number of aromatic nitrogens is 2. The maximum Gasteiger partial charge on any atom is 0.407 e. The molecule has 3 rings (SSSR count). The molecule has 0 fully saturated rings. The van der Waals surface area contributed by atoms with Crippen molar-refractivity contribution in [2.24, 2.45) is 0 Å². The van der Waals surface area contributed by atoms with Gasteiger partial charge in [-0.1, -0.05) is 11.6 Å². The second-order valence-corrected chi connectivity index (χ2v) is 11.3. The van der Waals surface area contributed by atoms with E-state index >= 15 is 0 Å². The number of halogens is 1. The standard InChI is InChI=1S/C31H41ClN6O6/c1-31(2,3)44-30(40)33-13-15-43-26-17-23(10-12-25(26)41-5)37-28-18-27(34-20-35-28)36-22-9-11-24(32)21(16-22)19-38(4)14-7-8-29(39)42-6/h9-12,16-18,20H,7-8,13-15,19H2,1-6H3,(H,33,40)(H2,34,35,36,37). The molecule has 2 aromatic carbocycles. The Bertz CT molecular complexity index is 1400. The number of carbonyl (C=O) groups is 2. The summed E-state index contributed by atoms with van der Waals surface area (Å²) in [5, 5.41) is 9.88. The van der Waals surface area contributed by atoms with E-state index in [9.17, 15) is 9.59 Å². The lowest BCUT2D eigenvalue weighted by Crippen LogP contribution is -2.34. The zero-order valence-electron chi connectivity index (χ0n) is 26.0. The number of hydrogen-bond donors (Lipinski definition) is 3. The predicted molar refractivity (Wildman–Crippen MR) is 170 cm³/mol. The van der Waals surface area contributed by atoms with Crippen LogP contribution in [0.5, 0.6) is 11.5 Å². The van der Waals surface area contributed by atoms with Crippen molar-refractivity contribution in [2.45, 2.75) is 45.8 Å². The van der Waals surface area contributed by atoms with Crippen LogP contribution in [-0.2, 0) is 20.8 Å². The SMILES string of the molecule is COC(=O)CCCN(C)Cc1cc(Nc2cc(Nc3ccc(OC)c(OCCNC(=O)OC(C)(C)C)c3)ncn2)ccc1Cl. The molecule has 0 atom stereocenters. The number of carbonyl (C=O) groups excluding carboxylic acids is 2. The van der Waals surface area contributed by atoms with Crippen molar-refractivity contribution in [1.82, 2.24) is 20.2 Å². The van der Waals surface area contributed by atoms with Crippen LogP contribution in [0.2, 0.25) is 5.02 Å². The Kier molecular flexibility index (Phi) is 12.8. The van der Waals surface area contributed by atoms with Gasteiger partial charge in [0.15, 0.2) is 11.5 Å². The van der Waals surface area contributed by atoms with Crippen molar-refractivity contribution >= 4 is 46.7 Å². The highest BCUT2D eigenvalue weighted by Gasteiger charge is 2.16. The van der Waals surface area contributed by atoms with Crippen LogP contribution in [-0.4, -0.2) is 73.5 Å². The van der Waals surface area contributed by atoms with Crippen molar-refractivity contribution in [3.05, 3.63) is 59.4 Å². The van der Waals surface area contributed by atoms with Gasteiger partial charge in [-0.3, -0.25) is 4.79 Å². The van der Waals surface area contributed by atoms with Gasteiger partial charge in [0.2, 0.25) is 0 Å². The topological polar surface area (TPSA) is 136 Å². The summed E-state index contributed by atoms with van der Waals surface area (Å²) in [6.07, 6.45) is 2.02. The van der Waals surface area contributed by atoms with E-state index in [-0.39, 0.29) is 19.1 Å². The smallest absolute Gasteiger partial charge is 0.407 e.